The molecule has 2 aromatic carbocycles. The Bertz CT molecular complexity index is 588. The van der Waals surface area contributed by atoms with E-state index in [1.54, 1.807) is 6.07 Å². The van der Waals surface area contributed by atoms with Crippen molar-refractivity contribution in [3.63, 3.8) is 0 Å². The Morgan fingerprint density at radius 3 is 2.16 bits per heavy atom. The Morgan fingerprint density at radius 2 is 1.58 bits per heavy atom. The van der Waals surface area contributed by atoms with Gasteiger partial charge in [0.05, 0.1) is 0 Å². The first-order chi connectivity index (χ1) is 9.02. The summed E-state index contributed by atoms with van der Waals surface area (Å²) in [5.74, 6) is -1.10. The zero-order chi connectivity index (χ0) is 14.0. The number of halogens is 2. The molecule has 0 aliphatic rings. The van der Waals surface area contributed by atoms with Gasteiger partial charge in [-0.2, -0.15) is 0 Å². The van der Waals surface area contributed by atoms with Gasteiger partial charge in [-0.05, 0) is 53.6 Å². The third kappa shape index (κ3) is 2.83. The standard InChI is InChI=1S/C17H18F2/c1-4-11(2)15-7-5-13(9-12(15)3)14-6-8-16(18)17(19)10-14/h5-11H,4H2,1-3H3/t11-/m0/s1. The first kappa shape index (κ1) is 13.7. The van der Waals surface area contributed by atoms with E-state index < -0.39 is 11.6 Å². The largest absolute Gasteiger partial charge is 0.204 e. The molecule has 2 heteroatoms. The normalized spacial score (nSPS) is 12.5. The van der Waals surface area contributed by atoms with Crippen LogP contribution in [-0.2, 0) is 0 Å². The van der Waals surface area contributed by atoms with E-state index in [9.17, 15) is 8.78 Å². The molecule has 0 amide bonds. The first-order valence-corrected chi connectivity index (χ1v) is 6.59. The fourth-order valence-electron chi connectivity index (χ4n) is 2.30. The maximum absolute atomic E-state index is 13.3. The van der Waals surface area contributed by atoms with Crippen molar-refractivity contribution in [2.45, 2.75) is 33.1 Å². The van der Waals surface area contributed by atoms with Gasteiger partial charge >= 0.3 is 0 Å². The number of hydrogen-bond donors (Lipinski definition) is 0. The van der Waals surface area contributed by atoms with Gasteiger partial charge in [0.1, 0.15) is 0 Å². The minimum Gasteiger partial charge on any atom is -0.204 e. The second kappa shape index (κ2) is 5.52. The van der Waals surface area contributed by atoms with Crippen LogP contribution in [0.5, 0.6) is 0 Å². The maximum Gasteiger partial charge on any atom is 0.159 e. The molecule has 2 aromatic rings. The summed E-state index contributed by atoms with van der Waals surface area (Å²) in [7, 11) is 0. The van der Waals surface area contributed by atoms with Gasteiger partial charge in [-0.15, -0.1) is 0 Å². The number of benzene rings is 2. The van der Waals surface area contributed by atoms with E-state index in [1.165, 1.54) is 23.3 Å². The van der Waals surface area contributed by atoms with Gasteiger partial charge in [0.25, 0.3) is 0 Å². The second-order valence-electron chi connectivity index (χ2n) is 5.01. The number of rotatable bonds is 3. The molecular formula is C17H18F2. The van der Waals surface area contributed by atoms with Crippen LogP contribution in [0.3, 0.4) is 0 Å². The van der Waals surface area contributed by atoms with Crippen LogP contribution in [0.1, 0.15) is 37.3 Å². The molecule has 0 fully saturated rings. The topological polar surface area (TPSA) is 0 Å². The lowest BCUT2D eigenvalue weighted by Crippen LogP contribution is -1.95. The molecule has 0 aliphatic carbocycles. The fourth-order valence-corrected chi connectivity index (χ4v) is 2.30. The molecular weight excluding hydrogens is 242 g/mol. The summed E-state index contributed by atoms with van der Waals surface area (Å²) in [5, 5.41) is 0. The molecule has 0 saturated heterocycles. The summed E-state index contributed by atoms with van der Waals surface area (Å²) in [4.78, 5) is 0. The van der Waals surface area contributed by atoms with Crippen LogP contribution in [-0.4, -0.2) is 0 Å². The lowest BCUT2D eigenvalue weighted by Gasteiger charge is -2.14. The van der Waals surface area contributed by atoms with Crippen molar-refractivity contribution < 1.29 is 8.78 Å². The minimum atomic E-state index is -0.809. The van der Waals surface area contributed by atoms with E-state index in [4.69, 9.17) is 0 Å². The van der Waals surface area contributed by atoms with Crippen molar-refractivity contribution in [2.75, 3.05) is 0 Å². The molecule has 0 radical (unpaired) electrons. The van der Waals surface area contributed by atoms with Crippen molar-refractivity contribution in [3.05, 3.63) is 59.2 Å². The van der Waals surface area contributed by atoms with E-state index >= 15 is 0 Å². The van der Waals surface area contributed by atoms with E-state index in [1.807, 2.05) is 12.1 Å². The highest BCUT2D eigenvalue weighted by atomic mass is 19.2. The van der Waals surface area contributed by atoms with Crippen molar-refractivity contribution in [1.29, 1.82) is 0 Å². The lowest BCUT2D eigenvalue weighted by atomic mass is 9.91. The molecule has 0 aliphatic heterocycles. The highest BCUT2D eigenvalue weighted by Crippen LogP contribution is 2.28. The lowest BCUT2D eigenvalue weighted by molar-refractivity contribution is 0.509. The Morgan fingerprint density at radius 1 is 0.947 bits per heavy atom. The third-order valence-corrected chi connectivity index (χ3v) is 3.67. The highest BCUT2D eigenvalue weighted by molar-refractivity contribution is 5.65. The van der Waals surface area contributed by atoms with E-state index in [-0.39, 0.29) is 0 Å². The number of aryl methyl sites for hydroxylation is 1. The molecule has 0 aromatic heterocycles. The summed E-state index contributed by atoms with van der Waals surface area (Å²) in [6.45, 7) is 6.41. The van der Waals surface area contributed by atoms with Crippen molar-refractivity contribution in [1.82, 2.24) is 0 Å². The molecule has 100 valence electrons. The maximum atomic E-state index is 13.3. The van der Waals surface area contributed by atoms with E-state index in [0.29, 0.717) is 11.5 Å². The molecule has 0 heterocycles. The first-order valence-electron chi connectivity index (χ1n) is 6.59. The van der Waals surface area contributed by atoms with Crippen LogP contribution >= 0.6 is 0 Å². The van der Waals surface area contributed by atoms with Gasteiger partial charge < -0.3 is 0 Å². The molecule has 0 nitrogen and oxygen atoms in total. The van der Waals surface area contributed by atoms with Gasteiger partial charge in [0.2, 0.25) is 0 Å². The van der Waals surface area contributed by atoms with Crippen molar-refractivity contribution in [3.8, 4) is 11.1 Å². The molecule has 2 rings (SSSR count). The van der Waals surface area contributed by atoms with Crippen molar-refractivity contribution >= 4 is 0 Å². The summed E-state index contributed by atoms with van der Waals surface area (Å²) in [5.41, 5.74) is 4.13. The van der Waals surface area contributed by atoms with Crippen LogP contribution in [0, 0.1) is 18.6 Å². The highest BCUT2D eigenvalue weighted by Gasteiger charge is 2.09. The van der Waals surface area contributed by atoms with Gasteiger partial charge in [-0.25, -0.2) is 8.78 Å². The van der Waals surface area contributed by atoms with E-state index in [2.05, 4.69) is 26.8 Å². The van der Waals surface area contributed by atoms with E-state index in [0.717, 1.165) is 12.0 Å². The quantitative estimate of drug-likeness (QED) is 0.688. The SMILES string of the molecule is CC[C@H](C)c1ccc(-c2ccc(F)c(F)c2)cc1C. The smallest absolute Gasteiger partial charge is 0.159 e. The Hall–Kier alpha value is -1.70. The van der Waals surface area contributed by atoms with Gasteiger partial charge in [0, 0.05) is 0 Å². The van der Waals surface area contributed by atoms with Crippen LogP contribution in [0.15, 0.2) is 36.4 Å². The predicted octanol–water partition coefficient (Wildman–Crippen LogP) is 5.45. The second-order valence-corrected chi connectivity index (χ2v) is 5.01. The monoisotopic (exact) mass is 260 g/mol. The summed E-state index contributed by atoms with van der Waals surface area (Å²) in [6, 6.07) is 10.1. The van der Waals surface area contributed by atoms with Gasteiger partial charge in [0.15, 0.2) is 11.6 Å². The Kier molecular flexibility index (Phi) is 3.98. The summed E-state index contributed by atoms with van der Waals surface area (Å²) < 4.78 is 26.2. The average molecular weight is 260 g/mol. The number of hydrogen-bond acceptors (Lipinski definition) is 0. The summed E-state index contributed by atoms with van der Waals surface area (Å²) in [6.07, 6.45) is 1.09. The molecule has 0 unspecified atom stereocenters. The molecule has 0 bridgehead atoms. The zero-order valence-corrected chi connectivity index (χ0v) is 11.5. The average Bonchev–Trinajstić information content (AvgIpc) is 2.41. The van der Waals surface area contributed by atoms with Crippen LogP contribution < -0.4 is 0 Å². The predicted molar refractivity (Wildman–Crippen MR) is 75.2 cm³/mol. The zero-order valence-electron chi connectivity index (χ0n) is 11.5. The van der Waals surface area contributed by atoms with Gasteiger partial charge in [-0.1, -0.05) is 38.1 Å². The minimum absolute atomic E-state index is 0.513. The van der Waals surface area contributed by atoms with Crippen LogP contribution in [0.25, 0.3) is 11.1 Å². The van der Waals surface area contributed by atoms with Crippen LogP contribution in [0.2, 0.25) is 0 Å². The summed E-state index contributed by atoms with van der Waals surface area (Å²) >= 11 is 0. The van der Waals surface area contributed by atoms with Gasteiger partial charge in [-0.3, -0.25) is 0 Å². The van der Waals surface area contributed by atoms with Crippen LogP contribution in [0.4, 0.5) is 8.78 Å². The molecule has 1 atom stereocenters. The third-order valence-electron chi connectivity index (χ3n) is 3.67. The van der Waals surface area contributed by atoms with Crippen molar-refractivity contribution in [2.24, 2.45) is 0 Å². The fraction of sp³-hybridized carbons (Fsp3) is 0.294. The molecule has 0 saturated carbocycles. The Labute approximate surface area is 113 Å². The Balaban J connectivity index is 2.41. The molecule has 0 spiro atoms. The molecule has 19 heavy (non-hydrogen) atoms. The molecule has 0 N–H and O–H groups in total.